The summed E-state index contributed by atoms with van der Waals surface area (Å²) in [6.45, 7) is -0.157. The second kappa shape index (κ2) is 10.9. The highest BCUT2D eigenvalue weighted by Gasteiger charge is 2.23. The van der Waals surface area contributed by atoms with Crippen LogP contribution in [0.25, 0.3) is 11.3 Å². The maximum Gasteiger partial charge on any atom is 0.376 e. The molecule has 33 heavy (non-hydrogen) atoms. The Balaban J connectivity index is 2.10. The van der Waals surface area contributed by atoms with Gasteiger partial charge >= 0.3 is 5.97 Å². The van der Waals surface area contributed by atoms with Gasteiger partial charge in [-0.15, -0.1) is 0 Å². The Bertz CT molecular complexity index is 1110. The summed E-state index contributed by atoms with van der Waals surface area (Å²) >= 11 is 0. The molecule has 0 saturated heterocycles. The van der Waals surface area contributed by atoms with Crippen LogP contribution in [0.15, 0.2) is 47.0 Å². The van der Waals surface area contributed by atoms with Crippen molar-refractivity contribution < 1.29 is 42.7 Å². The second-order valence-electron chi connectivity index (χ2n) is 6.32. The fourth-order valence-electron chi connectivity index (χ4n) is 2.70. The van der Waals surface area contributed by atoms with Crippen LogP contribution in [0.2, 0.25) is 0 Å². The number of hydrogen-bond acceptors (Lipinski definition) is 11. The van der Waals surface area contributed by atoms with Crippen LogP contribution in [-0.4, -0.2) is 51.0 Å². The fraction of sp³-hybridized carbons (Fsp3) is 0.238. The van der Waals surface area contributed by atoms with E-state index in [1.165, 1.54) is 51.7 Å². The van der Waals surface area contributed by atoms with Gasteiger partial charge in [0.2, 0.25) is 5.76 Å². The van der Waals surface area contributed by atoms with Gasteiger partial charge < -0.3 is 32.9 Å². The van der Waals surface area contributed by atoms with Crippen molar-refractivity contribution in [2.24, 2.45) is 0 Å². The molecule has 0 atom stereocenters. The second-order valence-corrected chi connectivity index (χ2v) is 6.32. The van der Waals surface area contributed by atoms with Crippen molar-refractivity contribution in [1.29, 1.82) is 0 Å². The lowest BCUT2D eigenvalue weighted by molar-refractivity contribution is -0.384. The van der Waals surface area contributed by atoms with Crippen molar-refractivity contribution in [3.05, 3.63) is 58.3 Å². The molecule has 0 aliphatic rings. The number of nitro groups is 1. The number of nitro benzene ring substituents is 1. The third-order valence-corrected chi connectivity index (χ3v) is 4.14. The van der Waals surface area contributed by atoms with Gasteiger partial charge in [-0.1, -0.05) is 5.16 Å². The van der Waals surface area contributed by atoms with Crippen LogP contribution in [-0.2, 0) is 14.2 Å². The molecule has 3 aromatic rings. The first-order chi connectivity index (χ1) is 16.0. The molecule has 0 N–H and O–H groups in total. The normalized spacial score (nSPS) is 10.5. The summed E-state index contributed by atoms with van der Waals surface area (Å²) in [7, 11) is 4.13. The fourth-order valence-corrected chi connectivity index (χ4v) is 2.70. The summed E-state index contributed by atoms with van der Waals surface area (Å²) in [5.74, 6) is 0.220. The van der Waals surface area contributed by atoms with Crippen molar-refractivity contribution in [2.45, 2.75) is 0 Å². The van der Waals surface area contributed by atoms with Gasteiger partial charge in [0, 0.05) is 44.6 Å². The standard InChI is InChI=1S/C21H20N2O10/c1-27-11-30-15-8-17(31-12-28-2)20(16-10-19(33-22-16)21(24)29-3)18(9-15)32-14-6-4-13(5-7-14)23(25)26/h4-10H,11-12H2,1-3H3. The molecular formula is C21H20N2O10. The highest BCUT2D eigenvalue weighted by molar-refractivity contribution is 5.88. The van der Waals surface area contributed by atoms with Gasteiger partial charge in [0.1, 0.15) is 28.7 Å². The number of carbonyl (C=O) groups is 1. The van der Waals surface area contributed by atoms with E-state index in [1.807, 2.05) is 0 Å². The molecule has 0 spiro atoms. The summed E-state index contributed by atoms with van der Waals surface area (Å²) in [4.78, 5) is 22.2. The minimum atomic E-state index is -0.717. The summed E-state index contributed by atoms with van der Waals surface area (Å²) in [6, 6.07) is 9.93. The Morgan fingerprint density at radius 2 is 1.64 bits per heavy atom. The van der Waals surface area contributed by atoms with Crippen LogP contribution in [0.5, 0.6) is 23.0 Å². The lowest BCUT2D eigenvalue weighted by atomic mass is 10.1. The number of esters is 1. The average molecular weight is 460 g/mol. The van der Waals surface area contributed by atoms with Crippen molar-refractivity contribution in [3.63, 3.8) is 0 Å². The molecule has 0 unspecified atom stereocenters. The minimum absolute atomic E-state index is 0.0452. The SMILES string of the molecule is COCOc1cc(OCOC)c(-c2cc(C(=O)OC)on2)c(Oc2ccc([N+](=O)[O-])cc2)c1. The summed E-state index contributed by atoms with van der Waals surface area (Å²) in [5.41, 5.74) is 0.425. The van der Waals surface area contributed by atoms with E-state index >= 15 is 0 Å². The molecule has 0 saturated carbocycles. The molecule has 12 nitrogen and oxygen atoms in total. The number of aromatic nitrogens is 1. The van der Waals surface area contributed by atoms with E-state index in [1.54, 1.807) is 12.1 Å². The van der Waals surface area contributed by atoms with E-state index in [0.29, 0.717) is 17.1 Å². The first-order valence-corrected chi connectivity index (χ1v) is 9.36. The third-order valence-electron chi connectivity index (χ3n) is 4.14. The van der Waals surface area contributed by atoms with Crippen LogP contribution in [0.3, 0.4) is 0 Å². The zero-order chi connectivity index (χ0) is 23.8. The molecule has 12 heteroatoms. The lowest BCUT2D eigenvalue weighted by Gasteiger charge is -2.17. The number of ether oxygens (including phenoxy) is 6. The lowest BCUT2D eigenvalue weighted by Crippen LogP contribution is -2.04. The largest absolute Gasteiger partial charge is 0.467 e. The van der Waals surface area contributed by atoms with Crippen LogP contribution in [0.1, 0.15) is 10.6 Å². The first-order valence-electron chi connectivity index (χ1n) is 9.36. The highest BCUT2D eigenvalue weighted by atomic mass is 16.7. The van der Waals surface area contributed by atoms with E-state index in [4.69, 9.17) is 28.2 Å². The summed E-state index contributed by atoms with van der Waals surface area (Å²) in [5, 5.41) is 14.9. The van der Waals surface area contributed by atoms with Crippen LogP contribution in [0.4, 0.5) is 5.69 Å². The van der Waals surface area contributed by atoms with E-state index < -0.39 is 10.9 Å². The molecule has 0 radical (unpaired) electrons. The topological polar surface area (TPSA) is 142 Å². The quantitative estimate of drug-likeness (QED) is 0.178. The molecule has 3 rings (SSSR count). The molecule has 0 aliphatic heterocycles. The summed E-state index contributed by atoms with van der Waals surface area (Å²) in [6.07, 6.45) is 0. The Morgan fingerprint density at radius 1 is 0.970 bits per heavy atom. The molecule has 1 heterocycles. The Morgan fingerprint density at radius 3 is 2.27 bits per heavy atom. The van der Waals surface area contributed by atoms with Gasteiger partial charge in [-0.2, -0.15) is 0 Å². The molecule has 0 bridgehead atoms. The zero-order valence-corrected chi connectivity index (χ0v) is 17.9. The third kappa shape index (κ3) is 5.75. The Kier molecular flexibility index (Phi) is 7.78. The average Bonchev–Trinajstić information content (AvgIpc) is 3.30. The maximum atomic E-state index is 11.8. The minimum Gasteiger partial charge on any atom is -0.467 e. The van der Waals surface area contributed by atoms with Crippen molar-refractivity contribution >= 4 is 11.7 Å². The van der Waals surface area contributed by atoms with Gasteiger partial charge in [-0.05, 0) is 12.1 Å². The molecule has 0 amide bonds. The van der Waals surface area contributed by atoms with Gasteiger partial charge in [0.25, 0.3) is 5.69 Å². The number of non-ortho nitro benzene ring substituents is 1. The highest BCUT2D eigenvalue weighted by Crippen LogP contribution is 2.43. The van der Waals surface area contributed by atoms with Crippen LogP contribution in [0, 0.1) is 10.1 Å². The van der Waals surface area contributed by atoms with E-state index in [2.05, 4.69) is 9.89 Å². The monoisotopic (exact) mass is 460 g/mol. The molecular weight excluding hydrogens is 440 g/mol. The van der Waals surface area contributed by atoms with Gasteiger partial charge in [0.05, 0.1) is 17.6 Å². The van der Waals surface area contributed by atoms with Crippen molar-refractivity contribution in [2.75, 3.05) is 34.9 Å². The predicted molar refractivity (Wildman–Crippen MR) is 111 cm³/mol. The Hall–Kier alpha value is -4.16. The first kappa shape index (κ1) is 23.5. The molecule has 0 fully saturated rings. The molecule has 174 valence electrons. The number of hydrogen-bond donors (Lipinski definition) is 0. The number of rotatable bonds is 11. The Labute approximate surface area is 187 Å². The number of methoxy groups -OCH3 is 3. The van der Waals surface area contributed by atoms with E-state index in [-0.39, 0.29) is 42.2 Å². The number of nitrogens with zero attached hydrogens (tertiary/aromatic N) is 2. The predicted octanol–water partition coefficient (Wildman–Crippen LogP) is 3.79. The smallest absolute Gasteiger partial charge is 0.376 e. The van der Waals surface area contributed by atoms with Gasteiger partial charge in [0.15, 0.2) is 13.6 Å². The van der Waals surface area contributed by atoms with Crippen molar-refractivity contribution in [1.82, 2.24) is 5.16 Å². The van der Waals surface area contributed by atoms with Gasteiger partial charge in [-0.25, -0.2) is 4.79 Å². The maximum absolute atomic E-state index is 11.8. The van der Waals surface area contributed by atoms with E-state index in [9.17, 15) is 14.9 Å². The molecule has 0 aliphatic carbocycles. The zero-order valence-electron chi connectivity index (χ0n) is 17.9. The van der Waals surface area contributed by atoms with Crippen molar-refractivity contribution in [3.8, 4) is 34.3 Å². The molecule has 2 aromatic carbocycles. The molecule has 1 aromatic heterocycles. The number of benzene rings is 2. The van der Waals surface area contributed by atoms with Gasteiger partial charge in [-0.3, -0.25) is 10.1 Å². The van der Waals surface area contributed by atoms with Crippen LogP contribution < -0.4 is 14.2 Å². The van der Waals surface area contributed by atoms with Crippen LogP contribution >= 0.6 is 0 Å². The number of carbonyl (C=O) groups excluding carboxylic acids is 1. The van der Waals surface area contributed by atoms with E-state index in [0.717, 1.165) is 0 Å². The summed E-state index contributed by atoms with van der Waals surface area (Å²) < 4.78 is 36.9.